The van der Waals surface area contributed by atoms with E-state index in [4.69, 9.17) is 4.74 Å². The number of halogens is 4. The van der Waals surface area contributed by atoms with Crippen LogP contribution in [-0.4, -0.2) is 53.3 Å². The summed E-state index contributed by atoms with van der Waals surface area (Å²) in [6.45, 7) is 0.0556. The number of aromatic nitrogens is 3. The molecule has 1 spiro atoms. The van der Waals surface area contributed by atoms with E-state index in [2.05, 4.69) is 30.9 Å². The maximum absolute atomic E-state index is 14.5. The minimum Gasteiger partial charge on any atom is -0.492 e. The molecule has 3 aromatic heterocycles. The first kappa shape index (κ1) is 23.3. The van der Waals surface area contributed by atoms with Gasteiger partial charge in [0.15, 0.2) is 11.6 Å². The molecule has 192 valence electrons. The summed E-state index contributed by atoms with van der Waals surface area (Å²) < 4.78 is 60.6. The number of benzene rings is 1. The van der Waals surface area contributed by atoms with E-state index in [1.54, 1.807) is 24.5 Å². The highest BCUT2D eigenvalue weighted by Gasteiger charge is 2.54. The van der Waals surface area contributed by atoms with Gasteiger partial charge in [-0.25, -0.2) is 9.37 Å². The number of aromatic amines is 2. The molecule has 8 nitrogen and oxygen atoms in total. The number of hydrogen-bond donors (Lipinski definition) is 5. The van der Waals surface area contributed by atoms with Crippen LogP contribution in [0.5, 0.6) is 5.75 Å². The van der Waals surface area contributed by atoms with Crippen LogP contribution in [0.4, 0.5) is 28.9 Å². The van der Waals surface area contributed by atoms with Gasteiger partial charge in [0.25, 0.3) is 5.91 Å². The van der Waals surface area contributed by atoms with E-state index < -0.39 is 29.4 Å². The Hall–Kier alpha value is -4.06. The molecule has 1 fully saturated rings. The third-order valence-electron chi connectivity index (χ3n) is 7.18. The van der Waals surface area contributed by atoms with Gasteiger partial charge in [0.1, 0.15) is 11.7 Å². The van der Waals surface area contributed by atoms with Crippen molar-refractivity contribution in [1.82, 2.24) is 25.6 Å². The zero-order chi connectivity index (χ0) is 25.9. The summed E-state index contributed by atoms with van der Waals surface area (Å²) in [6, 6.07) is 6.18. The minimum atomic E-state index is -4.43. The first-order valence-electron chi connectivity index (χ1n) is 11.6. The number of methoxy groups -OCH3 is 1. The van der Waals surface area contributed by atoms with Crippen LogP contribution in [0.1, 0.15) is 22.5 Å². The van der Waals surface area contributed by atoms with E-state index in [0.29, 0.717) is 28.3 Å². The van der Waals surface area contributed by atoms with Crippen molar-refractivity contribution in [2.24, 2.45) is 0 Å². The number of rotatable bonds is 4. The van der Waals surface area contributed by atoms with Crippen LogP contribution in [-0.2, 0) is 5.41 Å². The largest absolute Gasteiger partial charge is 0.492 e. The van der Waals surface area contributed by atoms with Crippen LogP contribution < -0.4 is 20.7 Å². The number of pyridine rings is 1. The van der Waals surface area contributed by atoms with Gasteiger partial charge in [0.05, 0.1) is 29.7 Å². The summed E-state index contributed by atoms with van der Waals surface area (Å²) in [4.78, 5) is 23.9. The van der Waals surface area contributed by atoms with Crippen LogP contribution in [0, 0.1) is 5.82 Å². The molecule has 2 atom stereocenters. The first-order valence-corrected chi connectivity index (χ1v) is 11.6. The summed E-state index contributed by atoms with van der Waals surface area (Å²) in [5.41, 5.74) is 1.85. The van der Waals surface area contributed by atoms with Gasteiger partial charge in [-0.05, 0) is 30.7 Å². The summed E-state index contributed by atoms with van der Waals surface area (Å²) in [7, 11) is 1.33. The molecule has 5 N–H and O–H groups in total. The molecule has 2 aliphatic rings. The van der Waals surface area contributed by atoms with E-state index in [0.717, 1.165) is 5.39 Å². The SMILES string of the molecule is COc1c(F)cccc1Nc1c(-c2ccnc3[nH]ccc23)[nH]c2c1C(=O)NCC21CNC(C(F)(F)F)C1. The second kappa shape index (κ2) is 8.23. The van der Waals surface area contributed by atoms with E-state index in [-0.39, 0.29) is 36.5 Å². The van der Waals surface area contributed by atoms with Crippen molar-refractivity contribution in [2.45, 2.75) is 24.1 Å². The molecule has 1 aromatic carbocycles. The summed E-state index contributed by atoms with van der Waals surface area (Å²) >= 11 is 0. The fourth-order valence-electron chi connectivity index (χ4n) is 5.42. The number of para-hydroxylation sites is 1. The van der Waals surface area contributed by atoms with Crippen molar-refractivity contribution in [2.75, 3.05) is 25.5 Å². The Kier molecular flexibility index (Phi) is 5.19. The first-order chi connectivity index (χ1) is 17.7. The second-order valence-electron chi connectivity index (χ2n) is 9.31. The number of H-pyrrole nitrogens is 2. The van der Waals surface area contributed by atoms with Crippen LogP contribution >= 0.6 is 0 Å². The molecule has 6 rings (SSSR count). The topological polar surface area (TPSA) is 107 Å². The Morgan fingerprint density at radius 3 is 2.78 bits per heavy atom. The van der Waals surface area contributed by atoms with Gasteiger partial charge < -0.3 is 30.7 Å². The third kappa shape index (κ3) is 3.62. The Balaban J connectivity index is 1.58. The number of carbonyl (C=O) groups is 1. The van der Waals surface area contributed by atoms with Crippen molar-refractivity contribution < 1.29 is 27.1 Å². The Morgan fingerprint density at radius 2 is 2.03 bits per heavy atom. The predicted octanol–water partition coefficient (Wildman–Crippen LogP) is 4.35. The predicted molar refractivity (Wildman–Crippen MR) is 129 cm³/mol. The number of nitrogens with zero attached hydrogens (tertiary/aromatic N) is 1. The van der Waals surface area contributed by atoms with E-state index in [9.17, 15) is 22.4 Å². The zero-order valence-electron chi connectivity index (χ0n) is 19.5. The number of ether oxygens (including phenoxy) is 1. The lowest BCUT2D eigenvalue weighted by Gasteiger charge is -2.33. The lowest BCUT2D eigenvalue weighted by molar-refractivity contribution is -0.152. The smallest absolute Gasteiger partial charge is 0.403 e. The van der Waals surface area contributed by atoms with Crippen LogP contribution in [0.2, 0.25) is 0 Å². The van der Waals surface area contributed by atoms with Gasteiger partial charge in [-0.15, -0.1) is 0 Å². The Morgan fingerprint density at radius 1 is 1.19 bits per heavy atom. The quantitative estimate of drug-likeness (QED) is 0.260. The monoisotopic (exact) mass is 514 g/mol. The van der Waals surface area contributed by atoms with Crippen molar-refractivity contribution in [3.63, 3.8) is 0 Å². The molecular weight excluding hydrogens is 492 g/mol. The summed E-state index contributed by atoms with van der Waals surface area (Å²) in [5, 5.41) is 9.24. The molecule has 4 aromatic rings. The molecule has 1 saturated heterocycles. The lowest BCUT2D eigenvalue weighted by atomic mass is 9.77. The number of anilines is 2. The number of carbonyl (C=O) groups excluding carboxylic acids is 1. The molecule has 12 heteroatoms. The fourth-order valence-corrected chi connectivity index (χ4v) is 5.42. The zero-order valence-corrected chi connectivity index (χ0v) is 19.5. The molecule has 2 aliphatic heterocycles. The lowest BCUT2D eigenvalue weighted by Crippen LogP contribution is -2.48. The van der Waals surface area contributed by atoms with Crippen molar-refractivity contribution in [3.05, 3.63) is 59.8 Å². The van der Waals surface area contributed by atoms with Gasteiger partial charge in [-0.3, -0.25) is 4.79 Å². The van der Waals surface area contributed by atoms with E-state index in [1.807, 2.05) is 6.07 Å². The van der Waals surface area contributed by atoms with E-state index in [1.165, 1.54) is 19.2 Å². The molecule has 0 bridgehead atoms. The van der Waals surface area contributed by atoms with Gasteiger partial charge in [-0.1, -0.05) is 6.07 Å². The minimum absolute atomic E-state index is 0.0169. The maximum Gasteiger partial charge on any atom is 0.403 e. The van der Waals surface area contributed by atoms with Gasteiger partial charge in [0, 0.05) is 47.5 Å². The number of alkyl halides is 3. The molecule has 0 aliphatic carbocycles. The normalized spacial score (nSPS) is 21.3. The van der Waals surface area contributed by atoms with Gasteiger partial charge in [0.2, 0.25) is 0 Å². The highest BCUT2D eigenvalue weighted by atomic mass is 19.4. The molecule has 2 unspecified atom stereocenters. The van der Waals surface area contributed by atoms with Crippen LogP contribution in [0.15, 0.2) is 42.7 Å². The molecule has 0 saturated carbocycles. The maximum atomic E-state index is 14.5. The van der Waals surface area contributed by atoms with Crippen LogP contribution in [0.3, 0.4) is 0 Å². The molecule has 1 amide bonds. The standard InChI is InChI=1S/C25H22F4N6O2/c1-37-20-14(26)3-2-4-15(20)34-19-17-21(35-18(19)12-5-7-30-22-13(12)6-8-31-22)24(11-33-23(17)36)9-16(32-10-24)25(27,28)29/h2-8,16,32,34-35H,9-11H2,1H3,(H,30,31)(H,33,36). The third-order valence-corrected chi connectivity index (χ3v) is 7.18. The Labute approximate surface area is 207 Å². The molecular formula is C25H22F4N6O2. The molecule has 37 heavy (non-hydrogen) atoms. The van der Waals surface area contributed by atoms with E-state index >= 15 is 0 Å². The van der Waals surface area contributed by atoms with Gasteiger partial charge in [-0.2, -0.15) is 13.2 Å². The summed E-state index contributed by atoms with van der Waals surface area (Å²) in [6.07, 6.45) is -1.37. The van der Waals surface area contributed by atoms with Crippen molar-refractivity contribution in [1.29, 1.82) is 0 Å². The highest BCUT2D eigenvalue weighted by molar-refractivity contribution is 6.09. The number of nitrogens with one attached hydrogen (secondary N) is 5. The number of hydrogen-bond acceptors (Lipinski definition) is 5. The highest BCUT2D eigenvalue weighted by Crippen LogP contribution is 2.48. The Bertz CT molecular complexity index is 1530. The fraction of sp³-hybridized carbons (Fsp3) is 0.280. The van der Waals surface area contributed by atoms with Crippen molar-refractivity contribution >= 4 is 28.3 Å². The van der Waals surface area contributed by atoms with Crippen LogP contribution in [0.25, 0.3) is 22.3 Å². The van der Waals surface area contributed by atoms with Gasteiger partial charge >= 0.3 is 6.18 Å². The average molecular weight is 514 g/mol. The van der Waals surface area contributed by atoms with Crippen molar-refractivity contribution in [3.8, 4) is 17.0 Å². The average Bonchev–Trinajstić information content (AvgIpc) is 3.59. The number of fused-ring (bicyclic) bond motifs is 3. The summed E-state index contributed by atoms with van der Waals surface area (Å²) in [5.74, 6) is -1.12. The molecule has 5 heterocycles. The number of amides is 1. The second-order valence-corrected chi connectivity index (χ2v) is 9.31. The molecule has 0 radical (unpaired) electrons.